The van der Waals surface area contributed by atoms with Crippen molar-refractivity contribution in [3.8, 4) is 0 Å². The first-order valence-corrected chi connectivity index (χ1v) is 4.38. The number of rotatable bonds is 6. The topological polar surface area (TPSA) is 127 Å². The van der Waals surface area contributed by atoms with Crippen LogP contribution in [0.25, 0.3) is 5.53 Å². The van der Waals surface area contributed by atoms with Gasteiger partial charge in [0.15, 0.2) is 5.60 Å². The van der Waals surface area contributed by atoms with E-state index in [1.54, 1.807) is 0 Å². The van der Waals surface area contributed by atoms with Crippen LogP contribution in [0.3, 0.4) is 0 Å². The molecular formula is C8H12N2O5. The van der Waals surface area contributed by atoms with Crippen LogP contribution in [0.2, 0.25) is 0 Å². The van der Waals surface area contributed by atoms with Crippen molar-refractivity contribution in [3.63, 3.8) is 0 Å². The molecule has 0 saturated carbocycles. The Labute approximate surface area is 85.5 Å². The van der Waals surface area contributed by atoms with Crippen LogP contribution in [0.15, 0.2) is 0 Å². The number of ether oxygens (including phenoxy) is 1. The molecule has 1 fully saturated rings. The Hall–Kier alpha value is -1.11. The summed E-state index contributed by atoms with van der Waals surface area (Å²) in [4.78, 5) is 13.9. The van der Waals surface area contributed by atoms with Crippen molar-refractivity contribution in [2.24, 2.45) is 5.92 Å². The van der Waals surface area contributed by atoms with Gasteiger partial charge in [-0.25, -0.2) is 0 Å². The smallest absolute Gasteiger partial charge is 0.326 e. The van der Waals surface area contributed by atoms with Gasteiger partial charge in [-0.1, -0.05) is 0 Å². The fraction of sp³-hybridized carbons (Fsp3) is 0.750. The van der Waals surface area contributed by atoms with Crippen molar-refractivity contribution in [2.45, 2.75) is 11.7 Å². The largest absolute Gasteiger partial charge is 0.396 e. The summed E-state index contributed by atoms with van der Waals surface area (Å²) in [6.45, 7) is -0.950. The zero-order valence-corrected chi connectivity index (χ0v) is 7.91. The maximum atomic E-state index is 11.3. The molecule has 0 radical (unpaired) electrons. The van der Waals surface area contributed by atoms with Gasteiger partial charge in [0.05, 0.1) is 19.8 Å². The van der Waals surface area contributed by atoms with E-state index in [1.165, 1.54) is 0 Å². The van der Waals surface area contributed by atoms with Crippen LogP contribution in [0.5, 0.6) is 0 Å². The van der Waals surface area contributed by atoms with E-state index in [2.05, 4.69) is 4.79 Å². The first-order chi connectivity index (χ1) is 7.12. The van der Waals surface area contributed by atoms with Crippen molar-refractivity contribution in [1.82, 2.24) is 0 Å². The highest BCUT2D eigenvalue weighted by Crippen LogP contribution is 2.34. The summed E-state index contributed by atoms with van der Waals surface area (Å²) in [5.41, 5.74) is 6.71. The molecule has 1 saturated heterocycles. The van der Waals surface area contributed by atoms with Gasteiger partial charge >= 0.3 is 6.21 Å². The normalized spacial score (nSPS) is 25.9. The van der Waals surface area contributed by atoms with Crippen molar-refractivity contribution in [3.05, 3.63) is 5.53 Å². The molecule has 84 valence electrons. The molecule has 0 aromatic rings. The number of carbonyl (C=O) groups excluding carboxylic acids is 1. The lowest BCUT2D eigenvalue weighted by Crippen LogP contribution is -2.46. The van der Waals surface area contributed by atoms with Crippen LogP contribution >= 0.6 is 0 Å². The fourth-order valence-corrected chi connectivity index (χ4v) is 1.34. The lowest BCUT2D eigenvalue weighted by Gasteiger charge is -2.21. The predicted molar refractivity (Wildman–Crippen MR) is 47.0 cm³/mol. The predicted octanol–water partition coefficient (Wildman–Crippen LogP) is -2.41. The molecule has 0 spiro atoms. The average molecular weight is 216 g/mol. The Kier molecular flexibility index (Phi) is 3.67. The first kappa shape index (κ1) is 12.0. The second-order valence-electron chi connectivity index (χ2n) is 3.36. The Morgan fingerprint density at radius 3 is 2.47 bits per heavy atom. The molecule has 3 N–H and O–H groups in total. The van der Waals surface area contributed by atoms with Gasteiger partial charge in [-0.2, -0.15) is 4.79 Å². The summed E-state index contributed by atoms with van der Waals surface area (Å²) in [6, 6.07) is 0. The van der Waals surface area contributed by atoms with Gasteiger partial charge in [-0.15, -0.1) is 0 Å². The average Bonchev–Trinajstić information content (AvgIpc) is 3.00. The Morgan fingerprint density at radius 1 is 1.60 bits per heavy atom. The molecule has 1 aliphatic rings. The third-order valence-electron chi connectivity index (χ3n) is 2.44. The highest BCUT2D eigenvalue weighted by molar-refractivity contribution is 6.30. The van der Waals surface area contributed by atoms with Gasteiger partial charge < -0.3 is 25.6 Å². The third kappa shape index (κ3) is 2.11. The minimum Gasteiger partial charge on any atom is -0.396 e. The minimum atomic E-state index is -1.47. The van der Waals surface area contributed by atoms with E-state index in [1.807, 2.05) is 0 Å². The molecular weight excluding hydrogens is 204 g/mol. The van der Waals surface area contributed by atoms with E-state index < -0.39 is 36.6 Å². The number of nitrogens with zero attached hydrogens (tertiary/aromatic N) is 2. The number of ketones is 1. The Balaban J connectivity index is 2.77. The van der Waals surface area contributed by atoms with Crippen LogP contribution < -0.4 is 0 Å². The molecule has 1 rings (SSSR count). The lowest BCUT2D eigenvalue weighted by molar-refractivity contribution is -0.127. The van der Waals surface area contributed by atoms with Gasteiger partial charge in [0.2, 0.25) is 0 Å². The zero-order chi connectivity index (χ0) is 11.5. The van der Waals surface area contributed by atoms with Crippen LogP contribution in [-0.2, 0) is 9.53 Å². The summed E-state index contributed by atoms with van der Waals surface area (Å²) in [5, 5.41) is 27.3. The molecule has 0 aromatic heterocycles. The quantitative estimate of drug-likeness (QED) is 0.197. The number of carbonyl (C=O) groups is 1. The number of aliphatic hydroxyl groups excluding tert-OH is 3. The van der Waals surface area contributed by atoms with E-state index >= 15 is 0 Å². The maximum absolute atomic E-state index is 11.3. The van der Waals surface area contributed by atoms with E-state index in [9.17, 15) is 9.90 Å². The molecule has 0 aromatic carbocycles. The van der Waals surface area contributed by atoms with Crippen LogP contribution in [0.4, 0.5) is 0 Å². The summed E-state index contributed by atoms with van der Waals surface area (Å²) < 4.78 is 4.83. The van der Waals surface area contributed by atoms with Crippen molar-refractivity contribution >= 4 is 12.0 Å². The maximum Gasteiger partial charge on any atom is 0.326 e. The third-order valence-corrected chi connectivity index (χ3v) is 2.44. The molecule has 7 heteroatoms. The van der Waals surface area contributed by atoms with E-state index in [0.717, 1.165) is 0 Å². The highest BCUT2D eigenvalue weighted by atomic mass is 16.6. The van der Waals surface area contributed by atoms with Gasteiger partial charge in [-0.3, -0.25) is 4.79 Å². The second-order valence-corrected chi connectivity index (χ2v) is 3.36. The number of Topliss-reactive ketones (excluding diaryl/α,β-unsaturated/α-hetero) is 1. The molecule has 1 aliphatic heterocycles. The zero-order valence-electron chi connectivity index (χ0n) is 7.91. The van der Waals surface area contributed by atoms with Gasteiger partial charge in [0.1, 0.15) is 6.10 Å². The summed E-state index contributed by atoms with van der Waals surface area (Å²) in [7, 11) is 0. The van der Waals surface area contributed by atoms with E-state index in [-0.39, 0.29) is 6.61 Å². The fourth-order valence-electron chi connectivity index (χ4n) is 1.34. The first-order valence-electron chi connectivity index (χ1n) is 4.38. The molecule has 0 bridgehead atoms. The molecule has 0 amide bonds. The van der Waals surface area contributed by atoms with Crippen molar-refractivity contribution in [1.29, 1.82) is 0 Å². The molecule has 2 atom stereocenters. The van der Waals surface area contributed by atoms with Crippen molar-refractivity contribution < 1.29 is 29.6 Å². The Bertz CT molecular complexity index is 291. The van der Waals surface area contributed by atoms with Gasteiger partial charge in [-0.05, 0) is 0 Å². The van der Waals surface area contributed by atoms with Crippen LogP contribution in [0.1, 0.15) is 0 Å². The van der Waals surface area contributed by atoms with Crippen LogP contribution in [0, 0.1) is 5.92 Å². The monoisotopic (exact) mass is 216 g/mol. The molecule has 7 nitrogen and oxygen atoms in total. The second kappa shape index (κ2) is 4.61. The number of epoxide rings is 1. The van der Waals surface area contributed by atoms with Crippen molar-refractivity contribution in [2.75, 3.05) is 19.8 Å². The molecule has 0 aliphatic carbocycles. The van der Waals surface area contributed by atoms with E-state index in [4.69, 9.17) is 20.5 Å². The summed E-state index contributed by atoms with van der Waals surface area (Å²) in [6.07, 6.45) is -0.694. The number of hydrogen-bond acceptors (Lipinski definition) is 5. The summed E-state index contributed by atoms with van der Waals surface area (Å²) >= 11 is 0. The number of aliphatic hydroxyl groups is 3. The van der Waals surface area contributed by atoms with E-state index in [0.29, 0.717) is 6.21 Å². The standard InChI is InChI=1S/C8H12N2O5/c9-10-1-6(13)8(4-15-8)7(14)5(2-11)3-12/h1,5,7,11-12,14H,2-4H2/t7-,8+/m1/s1. The SMILES string of the molecule is [N-]=[N+]=CC(=O)[C@]1([C@H](O)C(CO)CO)CO1. The minimum absolute atomic E-state index is 0.0183. The van der Waals surface area contributed by atoms with Crippen LogP contribution in [-0.4, -0.2) is 63.6 Å². The number of hydrogen-bond donors (Lipinski definition) is 3. The van der Waals surface area contributed by atoms with Gasteiger partial charge in [0, 0.05) is 5.92 Å². The highest BCUT2D eigenvalue weighted by Gasteiger charge is 2.60. The lowest BCUT2D eigenvalue weighted by atomic mass is 9.89. The molecule has 15 heavy (non-hydrogen) atoms. The molecule has 1 heterocycles. The summed E-state index contributed by atoms with van der Waals surface area (Å²) in [5.74, 6) is -1.55. The van der Waals surface area contributed by atoms with Gasteiger partial charge in [0.25, 0.3) is 5.78 Å². The molecule has 0 unspecified atom stereocenters. The Morgan fingerprint density at radius 2 is 2.13 bits per heavy atom.